The Labute approximate surface area is 105 Å². The number of aliphatic hydroxyl groups excluding tert-OH is 1. The van der Waals surface area contributed by atoms with E-state index in [-0.39, 0.29) is 30.5 Å². The third-order valence-electron chi connectivity index (χ3n) is 3.35. The number of aromatic amines is 1. The molecule has 0 bridgehead atoms. The molecule has 1 aliphatic heterocycles. The zero-order valence-electron chi connectivity index (χ0n) is 10.6. The summed E-state index contributed by atoms with van der Waals surface area (Å²) in [6.07, 6.45) is 0.250. The van der Waals surface area contributed by atoms with Crippen molar-refractivity contribution in [3.8, 4) is 0 Å². The van der Waals surface area contributed by atoms with Crippen LogP contribution in [-0.4, -0.2) is 45.6 Å². The maximum atomic E-state index is 12.0. The van der Waals surface area contributed by atoms with Crippen molar-refractivity contribution in [3.05, 3.63) is 27.4 Å². The maximum absolute atomic E-state index is 12.0. The number of hydrogen-bond donors (Lipinski definition) is 2. The van der Waals surface area contributed by atoms with E-state index in [1.165, 1.54) is 0 Å². The molecule has 1 aliphatic rings. The molecule has 1 aromatic heterocycles. The van der Waals surface area contributed by atoms with Gasteiger partial charge in [0.15, 0.2) is 0 Å². The van der Waals surface area contributed by atoms with Crippen molar-refractivity contribution >= 4 is 5.91 Å². The summed E-state index contributed by atoms with van der Waals surface area (Å²) in [6, 6.07) is 0. The number of H-pyrrole nitrogens is 1. The second-order valence-electron chi connectivity index (χ2n) is 4.76. The van der Waals surface area contributed by atoms with Gasteiger partial charge in [-0.25, -0.2) is 4.79 Å². The predicted octanol–water partition coefficient (Wildman–Crippen LogP) is -0.620. The van der Waals surface area contributed by atoms with Gasteiger partial charge >= 0.3 is 5.69 Å². The van der Waals surface area contributed by atoms with Crippen molar-refractivity contribution < 1.29 is 9.90 Å². The number of nitrogens with one attached hydrogen (secondary N) is 1. The van der Waals surface area contributed by atoms with Crippen molar-refractivity contribution in [1.29, 1.82) is 0 Å². The number of carbonyl (C=O) groups is 1. The number of nitrogens with zero attached hydrogens (tertiary/aromatic N) is 2. The number of hydrogen-bond acceptors (Lipinski definition) is 4. The number of aryl methyl sites for hydroxylation is 2. The van der Waals surface area contributed by atoms with Crippen LogP contribution < -0.4 is 5.69 Å². The third kappa shape index (κ3) is 2.43. The van der Waals surface area contributed by atoms with E-state index >= 15 is 0 Å². The Balaban J connectivity index is 2.06. The molecular formula is C12H17N3O3. The fourth-order valence-corrected chi connectivity index (χ4v) is 2.17. The summed E-state index contributed by atoms with van der Waals surface area (Å²) >= 11 is 0. The molecule has 0 saturated carbocycles. The lowest BCUT2D eigenvalue weighted by atomic mass is 9.99. The van der Waals surface area contributed by atoms with E-state index in [1.807, 2.05) is 0 Å². The van der Waals surface area contributed by atoms with E-state index in [0.29, 0.717) is 24.5 Å². The molecule has 0 spiro atoms. The molecule has 18 heavy (non-hydrogen) atoms. The Morgan fingerprint density at radius 2 is 2.17 bits per heavy atom. The summed E-state index contributed by atoms with van der Waals surface area (Å²) in [5.41, 5.74) is 1.70. The molecule has 0 aliphatic carbocycles. The summed E-state index contributed by atoms with van der Waals surface area (Å²) in [4.78, 5) is 31.2. The molecule has 1 saturated heterocycles. The van der Waals surface area contributed by atoms with Gasteiger partial charge in [0.25, 0.3) is 0 Å². The van der Waals surface area contributed by atoms with Crippen molar-refractivity contribution in [2.75, 3.05) is 19.7 Å². The van der Waals surface area contributed by atoms with Crippen LogP contribution in [0.5, 0.6) is 0 Å². The van der Waals surface area contributed by atoms with Crippen molar-refractivity contribution in [2.45, 2.75) is 20.3 Å². The van der Waals surface area contributed by atoms with Crippen molar-refractivity contribution in [3.63, 3.8) is 0 Å². The van der Waals surface area contributed by atoms with Crippen LogP contribution in [-0.2, 0) is 11.2 Å². The maximum Gasteiger partial charge on any atom is 0.345 e. The average Bonchev–Trinajstić information content (AvgIpc) is 2.21. The predicted molar refractivity (Wildman–Crippen MR) is 65.2 cm³/mol. The fourth-order valence-electron chi connectivity index (χ4n) is 2.17. The van der Waals surface area contributed by atoms with Crippen molar-refractivity contribution in [1.82, 2.24) is 14.9 Å². The Bertz CT molecular complexity index is 492. The quantitative estimate of drug-likeness (QED) is 0.749. The number of carbonyl (C=O) groups excluding carboxylic acids is 1. The summed E-state index contributed by atoms with van der Waals surface area (Å²) in [7, 11) is 0. The Hall–Kier alpha value is -1.69. The summed E-state index contributed by atoms with van der Waals surface area (Å²) in [6.45, 7) is 4.86. The highest BCUT2D eigenvalue weighted by Gasteiger charge is 2.30. The monoisotopic (exact) mass is 251 g/mol. The smallest absolute Gasteiger partial charge is 0.345 e. The van der Waals surface area contributed by atoms with Crippen LogP contribution in [0.4, 0.5) is 0 Å². The van der Waals surface area contributed by atoms with Crippen LogP contribution in [0.1, 0.15) is 17.0 Å². The third-order valence-corrected chi connectivity index (χ3v) is 3.35. The summed E-state index contributed by atoms with van der Waals surface area (Å²) in [5, 5.41) is 8.91. The number of likely N-dealkylation sites (tertiary alicyclic amines) is 1. The molecule has 2 N–H and O–H groups in total. The first-order chi connectivity index (χ1) is 8.51. The topological polar surface area (TPSA) is 86.3 Å². The van der Waals surface area contributed by atoms with E-state index in [0.717, 1.165) is 5.56 Å². The van der Waals surface area contributed by atoms with Gasteiger partial charge < -0.3 is 15.0 Å². The molecule has 0 aromatic carbocycles. The van der Waals surface area contributed by atoms with Gasteiger partial charge in [-0.05, 0) is 13.8 Å². The number of aromatic nitrogens is 2. The van der Waals surface area contributed by atoms with Crippen LogP contribution in [0.15, 0.2) is 4.79 Å². The van der Waals surface area contributed by atoms with Gasteiger partial charge in [0.2, 0.25) is 5.91 Å². The zero-order valence-corrected chi connectivity index (χ0v) is 10.6. The standard InChI is InChI=1S/C12H17N3O3/c1-7-10(8(2)14-12(18)13-7)3-11(17)15-4-9(5-15)6-16/h9,16H,3-6H2,1-2H3,(H,13,14,18). The summed E-state index contributed by atoms with van der Waals surface area (Å²) in [5.74, 6) is 0.226. The van der Waals surface area contributed by atoms with E-state index < -0.39 is 0 Å². The van der Waals surface area contributed by atoms with E-state index in [4.69, 9.17) is 5.11 Å². The highest BCUT2D eigenvalue weighted by molar-refractivity contribution is 5.80. The van der Waals surface area contributed by atoms with Crippen LogP contribution >= 0.6 is 0 Å². The first kappa shape index (κ1) is 12.8. The molecule has 1 aromatic rings. The fraction of sp³-hybridized carbons (Fsp3) is 0.583. The highest BCUT2D eigenvalue weighted by atomic mass is 16.3. The highest BCUT2D eigenvalue weighted by Crippen LogP contribution is 2.17. The van der Waals surface area contributed by atoms with Gasteiger partial charge in [0, 0.05) is 42.6 Å². The average molecular weight is 251 g/mol. The van der Waals surface area contributed by atoms with Crippen LogP contribution in [0.3, 0.4) is 0 Å². The lowest BCUT2D eigenvalue weighted by molar-refractivity contribution is -0.137. The first-order valence-corrected chi connectivity index (χ1v) is 5.96. The lowest BCUT2D eigenvalue weighted by Gasteiger charge is -2.38. The molecule has 6 heteroatoms. The molecule has 0 atom stereocenters. The molecule has 0 unspecified atom stereocenters. The van der Waals surface area contributed by atoms with E-state index in [2.05, 4.69) is 9.97 Å². The van der Waals surface area contributed by atoms with E-state index in [1.54, 1.807) is 18.7 Å². The van der Waals surface area contributed by atoms with Gasteiger partial charge in [-0.1, -0.05) is 0 Å². The molecule has 1 fully saturated rings. The molecule has 0 radical (unpaired) electrons. The molecule has 2 heterocycles. The van der Waals surface area contributed by atoms with Crippen LogP contribution in [0.2, 0.25) is 0 Å². The van der Waals surface area contributed by atoms with Gasteiger partial charge in [-0.2, -0.15) is 4.98 Å². The van der Waals surface area contributed by atoms with Gasteiger partial charge in [0.1, 0.15) is 0 Å². The summed E-state index contributed by atoms with van der Waals surface area (Å²) < 4.78 is 0. The van der Waals surface area contributed by atoms with Gasteiger partial charge in [-0.3, -0.25) is 4.79 Å². The molecule has 6 nitrogen and oxygen atoms in total. The van der Waals surface area contributed by atoms with Gasteiger partial charge in [-0.15, -0.1) is 0 Å². The Kier molecular flexibility index (Phi) is 3.47. The Morgan fingerprint density at radius 3 is 2.72 bits per heavy atom. The number of rotatable bonds is 3. The minimum atomic E-state index is -0.384. The number of amides is 1. The SMILES string of the molecule is Cc1nc(=O)[nH]c(C)c1CC(=O)N1CC(CO)C1. The Morgan fingerprint density at radius 1 is 1.50 bits per heavy atom. The first-order valence-electron chi connectivity index (χ1n) is 5.96. The van der Waals surface area contributed by atoms with Crippen LogP contribution in [0, 0.1) is 19.8 Å². The molecule has 2 rings (SSSR count). The molecular weight excluding hydrogens is 234 g/mol. The normalized spacial score (nSPS) is 15.6. The van der Waals surface area contributed by atoms with E-state index in [9.17, 15) is 9.59 Å². The van der Waals surface area contributed by atoms with Crippen molar-refractivity contribution in [2.24, 2.45) is 5.92 Å². The largest absolute Gasteiger partial charge is 0.396 e. The molecule has 1 amide bonds. The second-order valence-corrected chi connectivity index (χ2v) is 4.76. The number of aliphatic hydroxyl groups is 1. The molecule has 98 valence electrons. The second kappa shape index (κ2) is 4.89. The van der Waals surface area contributed by atoms with Gasteiger partial charge in [0.05, 0.1) is 6.42 Å². The lowest BCUT2D eigenvalue weighted by Crippen LogP contribution is -2.51. The van der Waals surface area contributed by atoms with Crippen LogP contribution in [0.25, 0.3) is 0 Å². The zero-order chi connectivity index (χ0) is 13.3. The minimum Gasteiger partial charge on any atom is -0.396 e. The minimum absolute atomic E-state index is 0.0137.